The zero-order valence-corrected chi connectivity index (χ0v) is 11.0. The molecule has 96 valence electrons. The van der Waals surface area contributed by atoms with Crippen LogP contribution in [0.15, 0.2) is 0 Å². The minimum atomic E-state index is 0.370. The molecule has 0 amide bonds. The quantitative estimate of drug-likeness (QED) is 0.766. The third kappa shape index (κ3) is 3.43. The van der Waals surface area contributed by atoms with E-state index < -0.39 is 0 Å². The summed E-state index contributed by atoms with van der Waals surface area (Å²) in [6, 6.07) is 3.14. The average molecular weight is 235 g/mol. The second-order valence-corrected chi connectivity index (χ2v) is 5.79. The Labute approximate surface area is 105 Å². The molecule has 0 unspecified atom stereocenters. The maximum atomic E-state index is 8.92. The first-order valence-electron chi connectivity index (χ1n) is 7.11. The van der Waals surface area contributed by atoms with Crippen molar-refractivity contribution >= 4 is 0 Å². The molecule has 1 aliphatic heterocycles. The molecule has 0 aromatic rings. The fourth-order valence-corrected chi connectivity index (χ4v) is 3.02. The lowest BCUT2D eigenvalue weighted by Crippen LogP contribution is -2.45. The Bertz CT molecular complexity index is 272. The van der Waals surface area contributed by atoms with E-state index >= 15 is 0 Å². The van der Waals surface area contributed by atoms with E-state index in [1.54, 1.807) is 0 Å². The summed E-state index contributed by atoms with van der Waals surface area (Å²) in [5, 5.41) is 12.4. The normalized spacial score (nSPS) is 23.6. The van der Waals surface area contributed by atoms with Gasteiger partial charge in [-0.3, -0.25) is 4.90 Å². The summed E-state index contributed by atoms with van der Waals surface area (Å²) in [4.78, 5) is 2.67. The van der Waals surface area contributed by atoms with E-state index in [4.69, 9.17) is 5.26 Å². The van der Waals surface area contributed by atoms with Gasteiger partial charge in [0.1, 0.15) is 0 Å². The van der Waals surface area contributed by atoms with Gasteiger partial charge in [0.25, 0.3) is 0 Å². The average Bonchev–Trinajstić information content (AvgIpc) is 3.10. The minimum absolute atomic E-state index is 0.370. The highest BCUT2D eigenvalue weighted by Crippen LogP contribution is 2.49. The monoisotopic (exact) mass is 235 g/mol. The van der Waals surface area contributed by atoms with Gasteiger partial charge in [0.05, 0.1) is 6.07 Å². The molecular formula is C14H25N3. The lowest BCUT2D eigenvalue weighted by molar-refractivity contribution is 0.132. The van der Waals surface area contributed by atoms with Gasteiger partial charge in [-0.05, 0) is 57.2 Å². The topological polar surface area (TPSA) is 39.1 Å². The van der Waals surface area contributed by atoms with Gasteiger partial charge in [-0.1, -0.05) is 6.92 Å². The number of rotatable bonds is 6. The zero-order chi connectivity index (χ0) is 12.1. The first-order chi connectivity index (χ1) is 8.29. The Morgan fingerprint density at radius 3 is 2.59 bits per heavy atom. The molecule has 0 aromatic heterocycles. The molecule has 1 saturated carbocycles. The van der Waals surface area contributed by atoms with Gasteiger partial charge in [-0.2, -0.15) is 5.26 Å². The molecule has 1 aliphatic carbocycles. The van der Waals surface area contributed by atoms with E-state index in [9.17, 15) is 0 Å². The van der Waals surface area contributed by atoms with Crippen molar-refractivity contribution in [2.75, 3.05) is 26.2 Å². The third-order valence-corrected chi connectivity index (χ3v) is 4.29. The molecular weight excluding hydrogens is 210 g/mol. The van der Waals surface area contributed by atoms with E-state index in [2.05, 4.69) is 23.2 Å². The van der Waals surface area contributed by atoms with Gasteiger partial charge < -0.3 is 5.32 Å². The van der Waals surface area contributed by atoms with Crippen molar-refractivity contribution in [2.24, 2.45) is 5.41 Å². The van der Waals surface area contributed by atoms with Gasteiger partial charge >= 0.3 is 0 Å². The Morgan fingerprint density at radius 1 is 1.35 bits per heavy atom. The van der Waals surface area contributed by atoms with E-state index in [0.717, 1.165) is 25.6 Å². The van der Waals surface area contributed by atoms with Crippen LogP contribution in [0.1, 0.15) is 45.4 Å². The lowest BCUT2D eigenvalue weighted by atomic mass is 9.98. The summed E-state index contributed by atoms with van der Waals surface area (Å²) >= 11 is 0. The molecule has 1 saturated heterocycles. The number of nitriles is 1. The highest BCUT2D eigenvalue weighted by atomic mass is 15.2. The first-order valence-corrected chi connectivity index (χ1v) is 7.11. The summed E-state index contributed by atoms with van der Waals surface area (Å²) in [6.45, 7) is 6.96. The minimum Gasteiger partial charge on any atom is -0.317 e. The predicted octanol–water partition coefficient (Wildman–Crippen LogP) is 2.14. The molecule has 0 aromatic carbocycles. The van der Waals surface area contributed by atoms with Crippen molar-refractivity contribution in [3.63, 3.8) is 0 Å². The number of hydrogen-bond acceptors (Lipinski definition) is 3. The van der Waals surface area contributed by atoms with Gasteiger partial charge in [0.15, 0.2) is 0 Å². The highest BCUT2D eigenvalue weighted by molar-refractivity contribution is 5.02. The second-order valence-electron chi connectivity index (χ2n) is 5.79. The van der Waals surface area contributed by atoms with E-state index in [1.165, 1.54) is 45.2 Å². The van der Waals surface area contributed by atoms with Crippen molar-refractivity contribution in [1.82, 2.24) is 10.2 Å². The van der Waals surface area contributed by atoms with Gasteiger partial charge in [-0.15, -0.1) is 0 Å². The lowest BCUT2D eigenvalue weighted by Gasteiger charge is -2.36. The fourth-order valence-electron chi connectivity index (χ4n) is 3.02. The summed E-state index contributed by atoms with van der Waals surface area (Å²) < 4.78 is 0. The van der Waals surface area contributed by atoms with Crippen LogP contribution in [-0.2, 0) is 0 Å². The van der Waals surface area contributed by atoms with Gasteiger partial charge in [0.2, 0.25) is 0 Å². The van der Waals surface area contributed by atoms with Crippen LogP contribution in [0.4, 0.5) is 0 Å². The van der Waals surface area contributed by atoms with Crippen LogP contribution in [0.25, 0.3) is 0 Å². The van der Waals surface area contributed by atoms with Crippen LogP contribution in [0.5, 0.6) is 0 Å². The number of hydrogen-bond donors (Lipinski definition) is 1. The molecule has 2 rings (SSSR count). The first kappa shape index (κ1) is 12.9. The zero-order valence-electron chi connectivity index (χ0n) is 11.0. The number of piperidine rings is 1. The van der Waals surface area contributed by atoms with Crippen molar-refractivity contribution in [2.45, 2.75) is 51.5 Å². The predicted molar refractivity (Wildman–Crippen MR) is 69.7 cm³/mol. The maximum absolute atomic E-state index is 8.92. The van der Waals surface area contributed by atoms with Crippen molar-refractivity contribution < 1.29 is 0 Å². The molecule has 17 heavy (non-hydrogen) atoms. The van der Waals surface area contributed by atoms with Crippen LogP contribution in [0.3, 0.4) is 0 Å². The molecule has 2 aliphatic rings. The van der Waals surface area contributed by atoms with E-state index in [1.807, 2.05) is 0 Å². The molecule has 3 heteroatoms. The molecule has 0 radical (unpaired) electrons. The summed E-state index contributed by atoms with van der Waals surface area (Å²) in [7, 11) is 0. The summed E-state index contributed by atoms with van der Waals surface area (Å²) in [5.74, 6) is 0. The molecule has 0 atom stereocenters. The standard InChI is InChI=1S/C14H25N3/c1-2-11-17(13-3-9-16-10-4-13)12-14(5-6-14)7-8-15/h13,16H,2-7,9-12H2,1H3. The van der Waals surface area contributed by atoms with E-state index in [0.29, 0.717) is 5.41 Å². The van der Waals surface area contributed by atoms with Crippen LogP contribution in [-0.4, -0.2) is 37.1 Å². The smallest absolute Gasteiger partial charge is 0.0628 e. The number of nitrogens with one attached hydrogen (secondary N) is 1. The molecule has 1 N–H and O–H groups in total. The SMILES string of the molecule is CCCN(CC1(CC#N)CC1)C1CCNCC1. The van der Waals surface area contributed by atoms with Gasteiger partial charge in [0, 0.05) is 19.0 Å². The van der Waals surface area contributed by atoms with Crippen LogP contribution in [0.2, 0.25) is 0 Å². The number of nitrogens with zero attached hydrogens (tertiary/aromatic N) is 2. The third-order valence-electron chi connectivity index (χ3n) is 4.29. The summed E-state index contributed by atoms with van der Waals surface area (Å²) in [6.07, 6.45) is 7.09. The van der Waals surface area contributed by atoms with Crippen LogP contribution < -0.4 is 5.32 Å². The summed E-state index contributed by atoms with van der Waals surface area (Å²) in [5.41, 5.74) is 0.370. The molecule has 2 fully saturated rings. The van der Waals surface area contributed by atoms with Crippen molar-refractivity contribution in [3.8, 4) is 6.07 Å². The largest absolute Gasteiger partial charge is 0.317 e. The second kappa shape index (κ2) is 5.84. The van der Waals surface area contributed by atoms with Crippen LogP contribution >= 0.6 is 0 Å². The Morgan fingerprint density at radius 2 is 2.06 bits per heavy atom. The Hall–Kier alpha value is -0.590. The fraction of sp³-hybridized carbons (Fsp3) is 0.929. The molecule has 3 nitrogen and oxygen atoms in total. The van der Waals surface area contributed by atoms with Crippen molar-refractivity contribution in [1.29, 1.82) is 5.26 Å². The van der Waals surface area contributed by atoms with E-state index in [-0.39, 0.29) is 0 Å². The molecule has 1 heterocycles. The molecule has 0 bridgehead atoms. The maximum Gasteiger partial charge on any atom is 0.0628 e. The van der Waals surface area contributed by atoms with Crippen molar-refractivity contribution in [3.05, 3.63) is 0 Å². The Balaban J connectivity index is 1.90. The van der Waals surface area contributed by atoms with Crippen LogP contribution in [0, 0.1) is 16.7 Å². The van der Waals surface area contributed by atoms with Gasteiger partial charge in [-0.25, -0.2) is 0 Å². The highest BCUT2D eigenvalue weighted by Gasteiger charge is 2.44. The molecule has 0 spiro atoms. The Kier molecular flexibility index (Phi) is 4.42.